The van der Waals surface area contributed by atoms with Gasteiger partial charge in [-0.3, -0.25) is 9.80 Å². The summed E-state index contributed by atoms with van der Waals surface area (Å²) in [5.74, 6) is -3.02. The Morgan fingerprint density at radius 3 is 2.08 bits per heavy atom. The maximum absolute atomic E-state index is 10.6. The number of fused-ring (bicyclic) bond motifs is 1. The molecule has 3 saturated heterocycles. The Bertz CT molecular complexity index is 835. The van der Waals surface area contributed by atoms with E-state index in [0.717, 1.165) is 50.9 Å². The van der Waals surface area contributed by atoms with Gasteiger partial charge in [0.05, 0.1) is 18.9 Å². The fraction of sp³-hybridized carbons (Fsp3) is 0.739. The van der Waals surface area contributed by atoms with Gasteiger partial charge in [-0.05, 0) is 37.3 Å². The van der Waals surface area contributed by atoms with Crippen LogP contribution in [0.1, 0.15) is 25.0 Å². The minimum Gasteiger partial charge on any atom is -0.475 e. The Kier molecular flexibility index (Phi) is 11.9. The number of aliphatic carboxylic acids is 2. The second-order valence-corrected chi connectivity index (χ2v) is 9.22. The first-order valence-electron chi connectivity index (χ1n) is 11.9. The zero-order valence-corrected chi connectivity index (χ0v) is 20.7. The number of alkyl halides is 6. The highest BCUT2D eigenvalue weighted by molar-refractivity contribution is 5.73. The molecule has 2 N–H and O–H groups in total. The molecule has 3 fully saturated rings. The average molecular weight is 563 g/mol. The van der Waals surface area contributed by atoms with E-state index in [2.05, 4.69) is 15.9 Å². The summed E-state index contributed by atoms with van der Waals surface area (Å²) in [6.45, 7) is 7.46. The molecule has 9 nitrogen and oxygen atoms in total. The molecule has 0 radical (unpaired) electrons. The highest BCUT2D eigenvalue weighted by Gasteiger charge is 2.45. The highest BCUT2D eigenvalue weighted by atomic mass is 19.4. The summed E-state index contributed by atoms with van der Waals surface area (Å²) in [6, 6.07) is 4.69. The zero-order valence-electron chi connectivity index (χ0n) is 20.7. The van der Waals surface area contributed by atoms with E-state index >= 15 is 0 Å². The van der Waals surface area contributed by atoms with Gasteiger partial charge in [-0.1, -0.05) is 0 Å². The molecular weight excluding hydrogens is 530 g/mol. The summed E-state index contributed by atoms with van der Waals surface area (Å²) >= 11 is 0. The average Bonchev–Trinajstić information content (AvgIpc) is 3.50. The number of ether oxygens (including phenoxy) is 2. The van der Waals surface area contributed by atoms with Gasteiger partial charge in [0.25, 0.3) is 0 Å². The summed E-state index contributed by atoms with van der Waals surface area (Å²) in [5, 5.41) is 14.2. The van der Waals surface area contributed by atoms with Crippen molar-refractivity contribution >= 4 is 11.9 Å². The topological polar surface area (TPSA) is 113 Å². The molecule has 218 valence electrons. The molecular formula is C23H32F6N2O7. The van der Waals surface area contributed by atoms with Gasteiger partial charge in [0.1, 0.15) is 5.76 Å². The number of furan rings is 1. The molecule has 0 amide bonds. The van der Waals surface area contributed by atoms with Gasteiger partial charge >= 0.3 is 24.3 Å². The van der Waals surface area contributed by atoms with Gasteiger partial charge < -0.3 is 24.1 Å². The van der Waals surface area contributed by atoms with E-state index in [1.807, 2.05) is 13.2 Å². The number of carboxylic acid groups (broad SMARTS) is 2. The number of carboxylic acids is 2. The summed E-state index contributed by atoms with van der Waals surface area (Å²) < 4.78 is 80.4. The van der Waals surface area contributed by atoms with E-state index in [4.69, 9.17) is 33.7 Å². The van der Waals surface area contributed by atoms with Crippen LogP contribution in [0.4, 0.5) is 26.3 Å². The normalized spacial score (nSPS) is 25.0. The van der Waals surface area contributed by atoms with Crippen molar-refractivity contribution in [1.82, 2.24) is 9.80 Å². The fourth-order valence-electron chi connectivity index (χ4n) is 4.85. The predicted octanol–water partition coefficient (Wildman–Crippen LogP) is 3.49. The number of nitrogens with zero attached hydrogens (tertiary/aromatic N) is 2. The van der Waals surface area contributed by atoms with E-state index in [1.165, 1.54) is 25.9 Å². The van der Waals surface area contributed by atoms with Crippen molar-refractivity contribution in [2.24, 2.45) is 11.8 Å². The van der Waals surface area contributed by atoms with Crippen molar-refractivity contribution in [3.63, 3.8) is 0 Å². The molecule has 15 heteroatoms. The van der Waals surface area contributed by atoms with Crippen LogP contribution in [0.15, 0.2) is 22.8 Å². The third-order valence-electron chi connectivity index (χ3n) is 6.64. The van der Waals surface area contributed by atoms with Crippen LogP contribution in [0.5, 0.6) is 0 Å². The SMILES string of the molecule is CO[C@H]1CCN(CC2CCOCC2)[C@@H]2CN(Cc3ccco3)C[C@H]12.O=C(O)C(F)(F)F.O=C(O)C(F)(F)F. The smallest absolute Gasteiger partial charge is 0.475 e. The molecule has 0 aromatic carbocycles. The Hall–Kier alpha value is -2.36. The number of hydrogen-bond acceptors (Lipinski definition) is 7. The van der Waals surface area contributed by atoms with E-state index in [1.54, 1.807) is 6.26 Å². The lowest BCUT2D eigenvalue weighted by Crippen LogP contribution is -2.52. The van der Waals surface area contributed by atoms with Crippen molar-refractivity contribution in [2.75, 3.05) is 46.5 Å². The van der Waals surface area contributed by atoms with Crippen molar-refractivity contribution in [3.05, 3.63) is 24.2 Å². The highest BCUT2D eigenvalue weighted by Crippen LogP contribution is 2.34. The van der Waals surface area contributed by atoms with E-state index < -0.39 is 24.3 Å². The number of hydrogen-bond donors (Lipinski definition) is 2. The number of rotatable bonds is 5. The zero-order chi connectivity index (χ0) is 28.5. The first-order chi connectivity index (χ1) is 17.7. The second-order valence-electron chi connectivity index (χ2n) is 9.22. The fourth-order valence-corrected chi connectivity index (χ4v) is 4.85. The van der Waals surface area contributed by atoms with Crippen molar-refractivity contribution < 1.29 is 60.0 Å². The van der Waals surface area contributed by atoms with Crippen molar-refractivity contribution in [2.45, 2.75) is 50.3 Å². The Morgan fingerprint density at radius 2 is 1.61 bits per heavy atom. The van der Waals surface area contributed by atoms with E-state index in [9.17, 15) is 26.3 Å². The quantitative estimate of drug-likeness (QED) is 0.521. The van der Waals surface area contributed by atoms with Crippen LogP contribution in [0.3, 0.4) is 0 Å². The third kappa shape index (κ3) is 10.1. The molecule has 0 spiro atoms. The number of carbonyl (C=O) groups is 2. The monoisotopic (exact) mass is 562 g/mol. The lowest BCUT2D eigenvalue weighted by Gasteiger charge is -2.43. The van der Waals surface area contributed by atoms with Crippen LogP contribution in [0.2, 0.25) is 0 Å². The van der Waals surface area contributed by atoms with Gasteiger partial charge in [-0.25, -0.2) is 9.59 Å². The van der Waals surface area contributed by atoms with Crippen molar-refractivity contribution in [3.8, 4) is 0 Å². The third-order valence-corrected chi connectivity index (χ3v) is 6.64. The Morgan fingerprint density at radius 1 is 1.03 bits per heavy atom. The molecule has 0 unspecified atom stereocenters. The number of piperidine rings is 1. The molecule has 0 saturated carbocycles. The van der Waals surface area contributed by atoms with Crippen LogP contribution in [-0.4, -0.2) is 103 Å². The van der Waals surface area contributed by atoms with Crippen LogP contribution in [0.25, 0.3) is 0 Å². The minimum atomic E-state index is -5.08. The van der Waals surface area contributed by atoms with Crippen LogP contribution >= 0.6 is 0 Å². The lowest BCUT2D eigenvalue weighted by molar-refractivity contribution is -0.193. The van der Waals surface area contributed by atoms with Gasteiger partial charge in [0.2, 0.25) is 0 Å². The maximum atomic E-state index is 10.6. The molecule has 0 aliphatic carbocycles. The molecule has 1 aromatic heterocycles. The van der Waals surface area contributed by atoms with Gasteiger partial charge in [-0.2, -0.15) is 26.3 Å². The summed E-state index contributed by atoms with van der Waals surface area (Å²) in [7, 11) is 1.88. The minimum absolute atomic E-state index is 0.405. The van der Waals surface area contributed by atoms with Gasteiger partial charge in [0.15, 0.2) is 0 Å². The van der Waals surface area contributed by atoms with Gasteiger partial charge in [-0.15, -0.1) is 0 Å². The number of methoxy groups -OCH3 is 1. The van der Waals surface area contributed by atoms with E-state index in [0.29, 0.717) is 18.1 Å². The first-order valence-corrected chi connectivity index (χ1v) is 11.9. The molecule has 4 rings (SSSR count). The Labute approximate surface area is 215 Å². The lowest BCUT2D eigenvalue weighted by atomic mass is 9.87. The molecule has 4 heterocycles. The summed E-state index contributed by atoms with van der Waals surface area (Å²) in [6.07, 6.45) is -4.39. The second kappa shape index (κ2) is 14.1. The molecule has 1 aromatic rings. The summed E-state index contributed by atoms with van der Waals surface area (Å²) in [4.78, 5) is 23.1. The van der Waals surface area contributed by atoms with E-state index in [-0.39, 0.29) is 0 Å². The van der Waals surface area contributed by atoms with Crippen LogP contribution < -0.4 is 0 Å². The van der Waals surface area contributed by atoms with Crippen LogP contribution in [-0.2, 0) is 25.6 Å². The standard InChI is InChI=1S/C19H30N2O3.2C2HF3O2/c1-22-19-4-7-21(11-15-5-9-23-10-6-15)18-14-20(13-17(18)19)12-16-3-2-8-24-16;2*3-2(4,5)1(6)7/h2-3,8,15,17-19H,4-7,9-14H2,1H3;2*(H,6,7)/t17-,18+,19-;;/m0../s1. The van der Waals surface area contributed by atoms with Gasteiger partial charge in [0, 0.05) is 58.5 Å². The number of likely N-dealkylation sites (tertiary alicyclic amines) is 2. The first kappa shape index (κ1) is 31.9. The molecule has 38 heavy (non-hydrogen) atoms. The maximum Gasteiger partial charge on any atom is 0.490 e. The predicted molar refractivity (Wildman–Crippen MR) is 119 cm³/mol. The molecule has 3 aliphatic rings. The molecule has 3 atom stereocenters. The largest absolute Gasteiger partial charge is 0.490 e. The van der Waals surface area contributed by atoms with Crippen LogP contribution in [0, 0.1) is 11.8 Å². The Balaban J connectivity index is 0.000000301. The number of halogens is 6. The summed E-state index contributed by atoms with van der Waals surface area (Å²) in [5.41, 5.74) is 0. The van der Waals surface area contributed by atoms with Crippen molar-refractivity contribution in [1.29, 1.82) is 0 Å². The molecule has 3 aliphatic heterocycles. The molecule has 0 bridgehead atoms.